The normalized spacial score (nSPS) is 18.9. The van der Waals surface area contributed by atoms with Crippen molar-refractivity contribution in [2.24, 2.45) is 5.92 Å². The number of hydrogen-bond donors (Lipinski definition) is 1. The molecule has 4 nitrogen and oxygen atoms in total. The lowest BCUT2D eigenvalue weighted by atomic mass is 10.00. The van der Waals surface area contributed by atoms with Gasteiger partial charge in [-0.1, -0.05) is 37.3 Å². The number of carbonyl (C=O) groups excluding carboxylic acids is 1. The molecule has 2 unspecified atom stereocenters. The minimum Gasteiger partial charge on any atom is -0.364 e. The van der Waals surface area contributed by atoms with E-state index in [2.05, 4.69) is 36.3 Å². The first-order valence-electron chi connectivity index (χ1n) is 8.70. The van der Waals surface area contributed by atoms with E-state index in [1.54, 1.807) is 6.20 Å². The molecule has 0 aliphatic carbocycles. The average molecular weight is 323 g/mol. The lowest BCUT2D eigenvalue weighted by Gasteiger charge is -2.30. The van der Waals surface area contributed by atoms with Crippen LogP contribution in [0.1, 0.15) is 48.7 Å². The quantitative estimate of drug-likeness (QED) is 0.920. The Morgan fingerprint density at radius 3 is 2.71 bits per heavy atom. The summed E-state index contributed by atoms with van der Waals surface area (Å²) in [6.45, 7) is 6.01. The van der Waals surface area contributed by atoms with E-state index in [-0.39, 0.29) is 11.9 Å². The van der Waals surface area contributed by atoms with E-state index in [4.69, 9.17) is 0 Å². The van der Waals surface area contributed by atoms with Gasteiger partial charge in [0.25, 0.3) is 5.91 Å². The van der Waals surface area contributed by atoms with E-state index in [1.165, 1.54) is 12.0 Å². The monoisotopic (exact) mass is 323 g/mol. The van der Waals surface area contributed by atoms with Crippen molar-refractivity contribution in [2.75, 3.05) is 18.4 Å². The summed E-state index contributed by atoms with van der Waals surface area (Å²) >= 11 is 0. The number of benzene rings is 1. The topological polar surface area (TPSA) is 45.2 Å². The molecule has 0 radical (unpaired) electrons. The number of anilines is 1. The Morgan fingerprint density at radius 1 is 1.25 bits per heavy atom. The SMILES string of the molecule is CC1CCCN(C(=O)c2ccc(NC(C)c3ccccc3)nc2)C1. The van der Waals surface area contributed by atoms with Gasteiger partial charge in [-0.2, -0.15) is 0 Å². The van der Waals surface area contributed by atoms with Crippen LogP contribution in [0.25, 0.3) is 0 Å². The van der Waals surface area contributed by atoms with E-state index >= 15 is 0 Å². The average Bonchev–Trinajstić information content (AvgIpc) is 2.62. The molecule has 1 fully saturated rings. The molecule has 1 aliphatic heterocycles. The molecule has 126 valence electrons. The zero-order valence-corrected chi connectivity index (χ0v) is 14.4. The number of likely N-dealkylation sites (tertiary alicyclic amines) is 1. The van der Waals surface area contributed by atoms with Gasteiger partial charge in [0.2, 0.25) is 0 Å². The highest BCUT2D eigenvalue weighted by Gasteiger charge is 2.22. The number of amides is 1. The minimum absolute atomic E-state index is 0.0942. The van der Waals surface area contributed by atoms with Crippen LogP contribution in [0.15, 0.2) is 48.7 Å². The van der Waals surface area contributed by atoms with Crippen LogP contribution in [-0.2, 0) is 0 Å². The summed E-state index contributed by atoms with van der Waals surface area (Å²) in [4.78, 5) is 18.9. The number of aromatic nitrogens is 1. The summed E-state index contributed by atoms with van der Waals surface area (Å²) in [5, 5.41) is 3.37. The van der Waals surface area contributed by atoms with Crippen LogP contribution in [0, 0.1) is 5.92 Å². The second kappa shape index (κ2) is 7.47. The molecule has 1 aromatic carbocycles. The molecule has 2 aromatic rings. The van der Waals surface area contributed by atoms with Gasteiger partial charge >= 0.3 is 0 Å². The van der Waals surface area contributed by atoms with Gasteiger partial charge in [0, 0.05) is 25.3 Å². The smallest absolute Gasteiger partial charge is 0.255 e. The first-order valence-corrected chi connectivity index (χ1v) is 8.70. The molecule has 1 N–H and O–H groups in total. The summed E-state index contributed by atoms with van der Waals surface area (Å²) in [7, 11) is 0. The fourth-order valence-corrected chi connectivity index (χ4v) is 3.21. The molecule has 2 heterocycles. The van der Waals surface area contributed by atoms with Crippen molar-refractivity contribution in [1.29, 1.82) is 0 Å². The molecule has 4 heteroatoms. The Labute approximate surface area is 143 Å². The molecular weight excluding hydrogens is 298 g/mol. The van der Waals surface area contributed by atoms with Gasteiger partial charge in [0.05, 0.1) is 5.56 Å². The van der Waals surface area contributed by atoms with E-state index in [1.807, 2.05) is 35.2 Å². The van der Waals surface area contributed by atoms with Crippen molar-refractivity contribution < 1.29 is 4.79 Å². The maximum Gasteiger partial charge on any atom is 0.255 e. The number of carbonyl (C=O) groups is 1. The first kappa shape index (κ1) is 16.5. The van der Waals surface area contributed by atoms with Crippen LogP contribution in [0.5, 0.6) is 0 Å². The lowest BCUT2D eigenvalue weighted by molar-refractivity contribution is 0.0682. The van der Waals surface area contributed by atoms with Gasteiger partial charge in [-0.3, -0.25) is 4.79 Å². The molecule has 3 rings (SSSR count). The predicted octanol–water partition coefficient (Wildman–Crippen LogP) is 4.13. The Hall–Kier alpha value is -2.36. The summed E-state index contributed by atoms with van der Waals surface area (Å²) in [6, 6.07) is 14.2. The van der Waals surface area contributed by atoms with Crippen LogP contribution in [0.2, 0.25) is 0 Å². The number of piperidine rings is 1. The molecule has 0 saturated carbocycles. The molecule has 2 atom stereocenters. The summed E-state index contributed by atoms with van der Waals surface area (Å²) in [5.74, 6) is 1.47. The van der Waals surface area contributed by atoms with Crippen molar-refractivity contribution in [2.45, 2.75) is 32.7 Å². The standard InChI is InChI=1S/C20H25N3O/c1-15-7-6-12-23(14-15)20(24)18-10-11-19(21-13-18)22-16(2)17-8-4-3-5-9-17/h3-5,8-11,13,15-16H,6-7,12,14H2,1-2H3,(H,21,22). The second-order valence-electron chi connectivity index (χ2n) is 6.71. The maximum absolute atomic E-state index is 12.6. The minimum atomic E-state index is 0.0942. The fourth-order valence-electron chi connectivity index (χ4n) is 3.21. The Bertz CT molecular complexity index is 669. The number of nitrogens with one attached hydrogen (secondary N) is 1. The third kappa shape index (κ3) is 3.94. The highest BCUT2D eigenvalue weighted by molar-refractivity contribution is 5.94. The molecule has 24 heavy (non-hydrogen) atoms. The molecule has 0 spiro atoms. The highest BCUT2D eigenvalue weighted by atomic mass is 16.2. The van der Waals surface area contributed by atoms with Crippen LogP contribution >= 0.6 is 0 Å². The van der Waals surface area contributed by atoms with Crippen molar-refractivity contribution in [3.63, 3.8) is 0 Å². The van der Waals surface area contributed by atoms with Crippen molar-refractivity contribution in [1.82, 2.24) is 9.88 Å². The van der Waals surface area contributed by atoms with Crippen molar-refractivity contribution in [3.05, 3.63) is 59.8 Å². The largest absolute Gasteiger partial charge is 0.364 e. The van der Waals surface area contributed by atoms with Gasteiger partial charge in [-0.15, -0.1) is 0 Å². The Kier molecular flexibility index (Phi) is 5.14. The second-order valence-corrected chi connectivity index (χ2v) is 6.71. The van der Waals surface area contributed by atoms with Crippen LogP contribution in [0.4, 0.5) is 5.82 Å². The van der Waals surface area contributed by atoms with Gasteiger partial charge in [0.15, 0.2) is 0 Å². The summed E-state index contributed by atoms with van der Waals surface area (Å²) in [6.07, 6.45) is 3.98. The third-order valence-corrected chi connectivity index (χ3v) is 4.62. The number of hydrogen-bond acceptors (Lipinski definition) is 3. The van der Waals surface area contributed by atoms with Crippen molar-refractivity contribution >= 4 is 11.7 Å². The van der Waals surface area contributed by atoms with Crippen LogP contribution in [-0.4, -0.2) is 28.9 Å². The molecule has 0 bridgehead atoms. The number of nitrogens with zero attached hydrogens (tertiary/aromatic N) is 2. The fraction of sp³-hybridized carbons (Fsp3) is 0.400. The van der Waals surface area contributed by atoms with Gasteiger partial charge < -0.3 is 10.2 Å². The predicted molar refractivity (Wildman–Crippen MR) is 97.0 cm³/mol. The third-order valence-electron chi connectivity index (χ3n) is 4.62. The van der Waals surface area contributed by atoms with Gasteiger partial charge in [0.1, 0.15) is 5.82 Å². The molecule has 1 amide bonds. The van der Waals surface area contributed by atoms with Gasteiger partial charge in [-0.05, 0) is 43.4 Å². The van der Waals surface area contributed by atoms with Crippen molar-refractivity contribution in [3.8, 4) is 0 Å². The lowest BCUT2D eigenvalue weighted by Crippen LogP contribution is -2.39. The molecular formula is C20H25N3O. The highest BCUT2D eigenvalue weighted by Crippen LogP contribution is 2.20. The number of pyridine rings is 1. The molecule has 1 aliphatic rings. The maximum atomic E-state index is 12.6. The van der Waals surface area contributed by atoms with E-state index in [0.717, 1.165) is 25.3 Å². The van der Waals surface area contributed by atoms with E-state index in [0.29, 0.717) is 11.5 Å². The first-order chi connectivity index (χ1) is 11.6. The Balaban J connectivity index is 1.64. The molecule has 1 saturated heterocycles. The van der Waals surface area contributed by atoms with E-state index in [9.17, 15) is 4.79 Å². The Morgan fingerprint density at radius 2 is 2.04 bits per heavy atom. The number of rotatable bonds is 4. The summed E-state index contributed by atoms with van der Waals surface area (Å²) < 4.78 is 0. The van der Waals surface area contributed by atoms with E-state index < -0.39 is 0 Å². The van der Waals surface area contributed by atoms with Crippen LogP contribution < -0.4 is 5.32 Å². The van der Waals surface area contributed by atoms with Crippen LogP contribution in [0.3, 0.4) is 0 Å². The zero-order chi connectivity index (χ0) is 16.9. The zero-order valence-electron chi connectivity index (χ0n) is 14.4. The molecule has 1 aromatic heterocycles. The van der Waals surface area contributed by atoms with Gasteiger partial charge in [-0.25, -0.2) is 4.98 Å². The summed E-state index contributed by atoms with van der Waals surface area (Å²) in [5.41, 5.74) is 1.88.